The number of hydrogen-bond acceptors (Lipinski definition) is 5. The molecule has 6 nitrogen and oxygen atoms in total. The van der Waals surface area contributed by atoms with Gasteiger partial charge in [0.05, 0.1) is 18.5 Å². The first-order valence-electron chi connectivity index (χ1n) is 9.48. The van der Waals surface area contributed by atoms with Crippen molar-refractivity contribution < 1.29 is 4.74 Å². The minimum atomic E-state index is -0.262. The summed E-state index contributed by atoms with van der Waals surface area (Å²) in [4.78, 5) is 0. The number of para-hydroxylation sites is 3. The molecule has 0 aliphatic rings. The Labute approximate surface area is 170 Å². The first kappa shape index (κ1) is 18.7. The molecule has 1 N–H and O–H groups in total. The van der Waals surface area contributed by atoms with Crippen LogP contribution in [-0.2, 0) is 0 Å². The summed E-state index contributed by atoms with van der Waals surface area (Å²) in [5, 5.41) is 16.3. The third-order valence-corrected chi connectivity index (χ3v) is 4.94. The van der Waals surface area contributed by atoms with E-state index in [1.54, 1.807) is 7.11 Å². The van der Waals surface area contributed by atoms with Gasteiger partial charge in [-0.25, -0.2) is 0 Å². The maximum Gasteiger partial charge on any atom is 0.183 e. The number of rotatable bonds is 6. The average molecular weight is 385 g/mol. The first-order valence-corrected chi connectivity index (χ1v) is 9.48. The summed E-state index contributed by atoms with van der Waals surface area (Å²) >= 11 is 0. The molecule has 6 heteroatoms. The number of anilines is 1. The van der Waals surface area contributed by atoms with Crippen LogP contribution in [0, 0.1) is 13.8 Å². The Balaban J connectivity index is 1.85. The van der Waals surface area contributed by atoms with Crippen LogP contribution in [0.1, 0.15) is 28.6 Å². The molecular formula is C23H23N5O. The summed E-state index contributed by atoms with van der Waals surface area (Å²) in [5.74, 6) is 1.47. The van der Waals surface area contributed by atoms with Crippen molar-refractivity contribution in [3.8, 4) is 11.4 Å². The van der Waals surface area contributed by atoms with E-state index in [-0.39, 0.29) is 6.04 Å². The zero-order valence-corrected chi connectivity index (χ0v) is 16.7. The molecule has 0 fully saturated rings. The number of aromatic nitrogens is 4. The third-order valence-electron chi connectivity index (χ3n) is 4.94. The predicted octanol–water partition coefficient (Wildman–Crippen LogP) is 4.49. The molecule has 0 amide bonds. The molecule has 0 aliphatic heterocycles. The smallest absolute Gasteiger partial charge is 0.183 e. The quantitative estimate of drug-likeness (QED) is 0.530. The number of hydrogen-bond donors (Lipinski definition) is 1. The molecule has 1 aromatic heterocycles. The lowest BCUT2D eigenvalue weighted by Crippen LogP contribution is -2.19. The van der Waals surface area contributed by atoms with E-state index in [1.165, 1.54) is 0 Å². The lowest BCUT2D eigenvalue weighted by molar-refractivity contribution is 0.416. The summed E-state index contributed by atoms with van der Waals surface area (Å²) in [5.41, 5.74) is 5.15. The minimum absolute atomic E-state index is 0.262. The fourth-order valence-electron chi connectivity index (χ4n) is 3.53. The van der Waals surface area contributed by atoms with E-state index in [1.807, 2.05) is 53.2 Å². The molecule has 1 atom stereocenters. The zero-order chi connectivity index (χ0) is 20.2. The maximum absolute atomic E-state index is 5.53. The predicted molar refractivity (Wildman–Crippen MR) is 114 cm³/mol. The van der Waals surface area contributed by atoms with Gasteiger partial charge in [0.1, 0.15) is 11.8 Å². The monoisotopic (exact) mass is 385 g/mol. The highest BCUT2D eigenvalue weighted by molar-refractivity contribution is 5.58. The number of benzene rings is 3. The summed E-state index contributed by atoms with van der Waals surface area (Å²) in [6, 6.07) is 23.9. The zero-order valence-electron chi connectivity index (χ0n) is 16.7. The van der Waals surface area contributed by atoms with Crippen LogP contribution in [0.15, 0.2) is 72.8 Å². The largest absolute Gasteiger partial charge is 0.495 e. The van der Waals surface area contributed by atoms with Gasteiger partial charge in [0.15, 0.2) is 5.82 Å². The molecule has 3 aromatic carbocycles. The number of nitrogens with zero attached hydrogens (tertiary/aromatic N) is 4. The van der Waals surface area contributed by atoms with Crippen molar-refractivity contribution in [2.75, 3.05) is 12.4 Å². The molecule has 0 aliphatic carbocycles. The van der Waals surface area contributed by atoms with Crippen LogP contribution in [0.2, 0.25) is 0 Å². The molecule has 4 aromatic rings. The fraction of sp³-hybridized carbons (Fsp3) is 0.174. The van der Waals surface area contributed by atoms with Gasteiger partial charge in [-0.3, -0.25) is 0 Å². The second kappa shape index (κ2) is 8.14. The Bertz CT molecular complexity index is 1090. The Hall–Kier alpha value is -3.67. The van der Waals surface area contributed by atoms with Crippen LogP contribution in [-0.4, -0.2) is 27.3 Å². The Kier molecular flexibility index (Phi) is 5.24. The van der Waals surface area contributed by atoms with Crippen LogP contribution >= 0.6 is 0 Å². The van der Waals surface area contributed by atoms with Crippen molar-refractivity contribution in [3.05, 3.63) is 95.3 Å². The molecule has 1 heterocycles. The first-order chi connectivity index (χ1) is 14.2. The highest BCUT2D eigenvalue weighted by Crippen LogP contribution is 2.32. The second-order valence-corrected chi connectivity index (χ2v) is 6.88. The Morgan fingerprint density at radius 3 is 2.28 bits per heavy atom. The summed E-state index contributed by atoms with van der Waals surface area (Å²) in [6.07, 6.45) is 0. The van der Waals surface area contributed by atoms with Crippen molar-refractivity contribution in [1.29, 1.82) is 0 Å². The Morgan fingerprint density at radius 1 is 0.862 bits per heavy atom. The molecule has 0 spiro atoms. The fourth-order valence-corrected chi connectivity index (χ4v) is 3.53. The summed E-state index contributed by atoms with van der Waals surface area (Å²) < 4.78 is 7.36. The lowest BCUT2D eigenvalue weighted by atomic mass is 10.0. The molecule has 0 bridgehead atoms. The van der Waals surface area contributed by atoms with Crippen molar-refractivity contribution >= 4 is 5.69 Å². The number of methoxy groups -OCH3 is 1. The van der Waals surface area contributed by atoms with Gasteiger partial charge < -0.3 is 10.1 Å². The molecule has 146 valence electrons. The highest BCUT2D eigenvalue weighted by Gasteiger charge is 2.24. The van der Waals surface area contributed by atoms with Crippen LogP contribution in [0.3, 0.4) is 0 Å². The minimum Gasteiger partial charge on any atom is -0.495 e. The molecular weight excluding hydrogens is 362 g/mol. The van der Waals surface area contributed by atoms with Crippen LogP contribution in [0.25, 0.3) is 5.69 Å². The van der Waals surface area contributed by atoms with E-state index in [0.29, 0.717) is 5.82 Å². The van der Waals surface area contributed by atoms with E-state index >= 15 is 0 Å². The number of ether oxygens (including phenoxy) is 1. The van der Waals surface area contributed by atoms with E-state index in [2.05, 4.69) is 59.0 Å². The van der Waals surface area contributed by atoms with Crippen LogP contribution < -0.4 is 10.1 Å². The van der Waals surface area contributed by atoms with Gasteiger partial charge in [-0.2, -0.15) is 4.68 Å². The molecule has 29 heavy (non-hydrogen) atoms. The van der Waals surface area contributed by atoms with E-state index in [9.17, 15) is 0 Å². The molecule has 0 radical (unpaired) electrons. The lowest BCUT2D eigenvalue weighted by Gasteiger charge is -2.22. The maximum atomic E-state index is 5.53. The van der Waals surface area contributed by atoms with Gasteiger partial charge in [-0.1, -0.05) is 60.7 Å². The average Bonchev–Trinajstić information content (AvgIpc) is 3.22. The standard InChI is InChI=1S/C23H23N5O/c1-16-10-9-11-17(2)22(16)28-23(25-26-27-28)21(18-12-5-4-6-13-18)24-19-14-7-8-15-20(19)29-3/h4-15,21,24H,1-3H3/t21-/m1/s1. The number of tetrazole rings is 1. The van der Waals surface area contributed by atoms with Gasteiger partial charge in [0.2, 0.25) is 0 Å². The summed E-state index contributed by atoms with van der Waals surface area (Å²) in [7, 11) is 1.67. The van der Waals surface area contributed by atoms with Crippen molar-refractivity contribution in [2.45, 2.75) is 19.9 Å². The summed E-state index contributed by atoms with van der Waals surface area (Å²) in [6.45, 7) is 4.14. The third kappa shape index (κ3) is 3.69. The van der Waals surface area contributed by atoms with Gasteiger partial charge >= 0.3 is 0 Å². The van der Waals surface area contributed by atoms with Gasteiger partial charge in [-0.05, 0) is 53.1 Å². The van der Waals surface area contributed by atoms with Crippen molar-refractivity contribution in [3.63, 3.8) is 0 Å². The van der Waals surface area contributed by atoms with Crippen LogP contribution in [0.5, 0.6) is 5.75 Å². The SMILES string of the molecule is COc1ccccc1N[C@H](c1ccccc1)c1nnnn1-c1c(C)cccc1C. The van der Waals surface area contributed by atoms with Gasteiger partial charge in [-0.15, -0.1) is 5.10 Å². The normalized spacial score (nSPS) is 11.8. The Morgan fingerprint density at radius 2 is 1.55 bits per heavy atom. The second-order valence-electron chi connectivity index (χ2n) is 6.88. The van der Waals surface area contributed by atoms with E-state index in [4.69, 9.17) is 4.74 Å². The number of nitrogens with one attached hydrogen (secondary N) is 1. The number of aryl methyl sites for hydroxylation is 2. The van der Waals surface area contributed by atoms with Gasteiger partial charge in [0.25, 0.3) is 0 Å². The van der Waals surface area contributed by atoms with Crippen molar-refractivity contribution in [2.24, 2.45) is 0 Å². The van der Waals surface area contributed by atoms with E-state index < -0.39 is 0 Å². The molecule has 0 unspecified atom stereocenters. The van der Waals surface area contributed by atoms with E-state index in [0.717, 1.165) is 33.8 Å². The molecule has 0 saturated heterocycles. The van der Waals surface area contributed by atoms with Crippen LogP contribution in [0.4, 0.5) is 5.69 Å². The van der Waals surface area contributed by atoms with Gasteiger partial charge in [0, 0.05) is 0 Å². The highest BCUT2D eigenvalue weighted by atomic mass is 16.5. The van der Waals surface area contributed by atoms with Crippen molar-refractivity contribution in [1.82, 2.24) is 20.2 Å². The molecule has 0 saturated carbocycles. The topological polar surface area (TPSA) is 64.9 Å². The molecule has 4 rings (SSSR count).